The molecule has 192 valence electrons. The first-order valence-corrected chi connectivity index (χ1v) is 12.1. The summed E-state index contributed by atoms with van der Waals surface area (Å²) in [5.74, 6) is -0.706. The molecule has 0 saturated carbocycles. The Morgan fingerprint density at radius 2 is 1.75 bits per heavy atom. The minimum atomic E-state index is -0.739. The van der Waals surface area contributed by atoms with E-state index in [4.69, 9.17) is 9.47 Å². The van der Waals surface area contributed by atoms with E-state index in [1.807, 2.05) is 38.1 Å². The average molecular weight is 494 g/mol. The van der Waals surface area contributed by atoms with Crippen molar-refractivity contribution in [3.8, 4) is 0 Å². The van der Waals surface area contributed by atoms with E-state index in [1.54, 1.807) is 56.4 Å². The molecule has 0 aliphatic carbocycles. The monoisotopic (exact) mass is 493 g/mol. The number of para-hydroxylation sites is 1. The smallest absolute Gasteiger partial charge is 0.255 e. The van der Waals surface area contributed by atoms with Crippen molar-refractivity contribution in [2.24, 2.45) is 5.92 Å². The van der Waals surface area contributed by atoms with Gasteiger partial charge in [-0.1, -0.05) is 44.2 Å². The maximum Gasteiger partial charge on any atom is 0.255 e. The molecule has 1 aliphatic rings. The van der Waals surface area contributed by atoms with Crippen molar-refractivity contribution in [1.29, 1.82) is 0 Å². The van der Waals surface area contributed by atoms with Crippen LogP contribution in [0.3, 0.4) is 0 Å². The summed E-state index contributed by atoms with van der Waals surface area (Å²) in [6.45, 7) is 6.44. The Morgan fingerprint density at radius 3 is 2.44 bits per heavy atom. The molecular formula is C28H35N3O5. The third-order valence-corrected chi connectivity index (χ3v) is 6.01. The van der Waals surface area contributed by atoms with Gasteiger partial charge in [0.2, 0.25) is 11.8 Å². The fourth-order valence-corrected chi connectivity index (χ4v) is 4.29. The topological polar surface area (TPSA) is 97.0 Å². The molecule has 2 N–H and O–H groups in total. The highest BCUT2D eigenvalue weighted by molar-refractivity contribution is 6.05. The molecule has 0 aromatic heterocycles. The second kappa shape index (κ2) is 12.5. The zero-order chi connectivity index (χ0) is 26.2. The molecule has 36 heavy (non-hydrogen) atoms. The molecule has 8 nitrogen and oxygen atoms in total. The predicted molar refractivity (Wildman–Crippen MR) is 139 cm³/mol. The van der Waals surface area contributed by atoms with Gasteiger partial charge in [-0.3, -0.25) is 14.4 Å². The number of amides is 3. The van der Waals surface area contributed by atoms with Gasteiger partial charge in [-0.05, 0) is 42.7 Å². The van der Waals surface area contributed by atoms with Gasteiger partial charge >= 0.3 is 0 Å². The zero-order valence-corrected chi connectivity index (χ0v) is 21.5. The summed E-state index contributed by atoms with van der Waals surface area (Å²) < 4.78 is 11.7. The Morgan fingerprint density at radius 1 is 1.00 bits per heavy atom. The Hall–Kier alpha value is -3.49. The summed E-state index contributed by atoms with van der Waals surface area (Å²) in [6, 6.07) is 13.6. The number of methoxy groups -OCH3 is 2. The quantitative estimate of drug-likeness (QED) is 0.678. The number of nitrogens with zero attached hydrogens (tertiary/aromatic N) is 1. The Labute approximate surface area is 212 Å². The third-order valence-electron chi connectivity index (χ3n) is 6.01. The largest absolute Gasteiger partial charge is 0.377 e. The van der Waals surface area contributed by atoms with Crippen LogP contribution in [0.15, 0.2) is 54.6 Å². The number of carbonyl (C=O) groups is 3. The van der Waals surface area contributed by atoms with Crippen LogP contribution in [-0.2, 0) is 19.1 Å². The van der Waals surface area contributed by atoms with E-state index in [1.165, 1.54) is 6.08 Å². The Kier molecular flexibility index (Phi) is 9.38. The molecule has 0 spiro atoms. The van der Waals surface area contributed by atoms with Crippen molar-refractivity contribution in [2.75, 3.05) is 32.6 Å². The first-order valence-electron chi connectivity index (χ1n) is 12.1. The van der Waals surface area contributed by atoms with Crippen molar-refractivity contribution >= 4 is 29.5 Å². The second-order valence-corrected chi connectivity index (χ2v) is 9.30. The number of hydrogen-bond acceptors (Lipinski definition) is 5. The lowest BCUT2D eigenvalue weighted by Gasteiger charge is -2.34. The summed E-state index contributed by atoms with van der Waals surface area (Å²) in [7, 11) is 3.14. The van der Waals surface area contributed by atoms with Crippen LogP contribution in [0.1, 0.15) is 48.4 Å². The van der Waals surface area contributed by atoms with Crippen LogP contribution in [0.4, 0.5) is 5.69 Å². The highest BCUT2D eigenvalue weighted by Crippen LogP contribution is 2.30. The zero-order valence-electron chi connectivity index (χ0n) is 21.5. The van der Waals surface area contributed by atoms with Gasteiger partial charge in [0.1, 0.15) is 18.2 Å². The summed E-state index contributed by atoms with van der Waals surface area (Å²) >= 11 is 0. The minimum Gasteiger partial charge on any atom is -0.377 e. The van der Waals surface area contributed by atoms with Gasteiger partial charge < -0.3 is 25.0 Å². The number of rotatable bonds is 4. The normalized spacial score (nSPS) is 22.4. The maximum absolute atomic E-state index is 13.4. The molecule has 2 aromatic carbocycles. The van der Waals surface area contributed by atoms with E-state index in [9.17, 15) is 14.4 Å². The highest BCUT2D eigenvalue weighted by Gasteiger charge is 2.31. The van der Waals surface area contributed by atoms with Crippen LogP contribution >= 0.6 is 0 Å². The fraction of sp³-hybridized carbons (Fsp3) is 0.393. The first-order chi connectivity index (χ1) is 17.2. The molecule has 2 aromatic rings. The molecule has 0 radical (unpaired) electrons. The molecule has 0 saturated heterocycles. The average Bonchev–Trinajstić information content (AvgIpc) is 2.86. The van der Waals surface area contributed by atoms with Crippen LogP contribution in [0.25, 0.3) is 6.08 Å². The second-order valence-electron chi connectivity index (χ2n) is 9.30. The van der Waals surface area contributed by atoms with Gasteiger partial charge in [0, 0.05) is 50.2 Å². The number of anilines is 1. The molecular weight excluding hydrogens is 458 g/mol. The summed E-state index contributed by atoms with van der Waals surface area (Å²) in [5, 5.41) is 5.73. The van der Waals surface area contributed by atoms with Gasteiger partial charge in [0.05, 0.1) is 0 Å². The van der Waals surface area contributed by atoms with E-state index in [0.29, 0.717) is 23.4 Å². The predicted octanol–water partition coefficient (Wildman–Crippen LogP) is 3.66. The standard InChI is InChI=1S/C28H35N3O5/c1-18(2)16-31-17-24(35-4)26(36-5)22-11-6-7-12-23(22)30-27(33)21-10-8-9-20(15-21)13-14-25(32)29-19(3)28(31)34/h6-15,18-19,24,26H,16-17H2,1-5H3,(H,29,32)(H,30,33)/b14-13+/t19-,24+,26+/m0/s1. The highest BCUT2D eigenvalue weighted by atomic mass is 16.5. The maximum atomic E-state index is 13.4. The number of benzene rings is 2. The van der Waals surface area contributed by atoms with Crippen molar-refractivity contribution in [3.05, 3.63) is 71.3 Å². The molecule has 3 atom stereocenters. The van der Waals surface area contributed by atoms with Crippen LogP contribution in [0.2, 0.25) is 0 Å². The Balaban J connectivity index is 2.09. The number of ether oxygens (including phenoxy) is 2. The minimum absolute atomic E-state index is 0.197. The van der Waals surface area contributed by atoms with Crippen LogP contribution in [-0.4, -0.2) is 62.1 Å². The van der Waals surface area contributed by atoms with Crippen LogP contribution in [0, 0.1) is 5.92 Å². The molecule has 8 heteroatoms. The van der Waals surface area contributed by atoms with Crippen molar-refractivity contribution in [3.63, 3.8) is 0 Å². The molecule has 0 fully saturated rings. The van der Waals surface area contributed by atoms with Gasteiger partial charge in [-0.15, -0.1) is 0 Å². The number of nitrogens with one attached hydrogen (secondary N) is 2. The lowest BCUT2D eigenvalue weighted by atomic mass is 10.00. The van der Waals surface area contributed by atoms with E-state index in [2.05, 4.69) is 10.6 Å². The van der Waals surface area contributed by atoms with E-state index in [0.717, 1.165) is 5.56 Å². The van der Waals surface area contributed by atoms with E-state index >= 15 is 0 Å². The Bertz CT molecular complexity index is 1110. The third kappa shape index (κ3) is 6.80. The molecule has 1 aliphatic heterocycles. The molecule has 2 bridgehead atoms. The lowest BCUT2D eigenvalue weighted by molar-refractivity contribution is -0.139. The van der Waals surface area contributed by atoms with Crippen molar-refractivity contribution in [1.82, 2.24) is 10.2 Å². The number of fused-ring (bicyclic) bond motifs is 3. The molecule has 0 unspecified atom stereocenters. The van der Waals surface area contributed by atoms with E-state index < -0.39 is 24.2 Å². The van der Waals surface area contributed by atoms with Crippen molar-refractivity contribution < 1.29 is 23.9 Å². The SMILES string of the molecule is CO[C@@H]1c2ccccc2NC(=O)c2cccc(c2)/C=C/C(=O)N[C@@H](C)C(=O)N(CC(C)C)C[C@H]1OC. The van der Waals surface area contributed by atoms with Gasteiger partial charge in [0.15, 0.2) is 0 Å². The first kappa shape index (κ1) is 27.1. The number of hydrogen-bond donors (Lipinski definition) is 2. The van der Waals surface area contributed by atoms with Crippen LogP contribution in [0.5, 0.6) is 0 Å². The van der Waals surface area contributed by atoms with E-state index in [-0.39, 0.29) is 24.3 Å². The van der Waals surface area contributed by atoms with Gasteiger partial charge in [0.25, 0.3) is 5.91 Å². The van der Waals surface area contributed by atoms with Crippen molar-refractivity contribution in [2.45, 2.75) is 39.0 Å². The van der Waals surface area contributed by atoms with Crippen LogP contribution < -0.4 is 10.6 Å². The van der Waals surface area contributed by atoms with Gasteiger partial charge in [-0.25, -0.2) is 0 Å². The molecule has 3 amide bonds. The summed E-state index contributed by atoms with van der Waals surface area (Å²) in [4.78, 5) is 40.8. The molecule has 1 heterocycles. The lowest BCUT2D eigenvalue weighted by Crippen LogP contribution is -2.50. The summed E-state index contributed by atoms with van der Waals surface area (Å²) in [5.41, 5.74) is 2.46. The number of carbonyl (C=O) groups excluding carboxylic acids is 3. The molecule has 3 rings (SSSR count). The fourth-order valence-electron chi connectivity index (χ4n) is 4.29. The summed E-state index contributed by atoms with van der Waals surface area (Å²) in [6.07, 6.45) is 1.88. The van der Waals surface area contributed by atoms with Gasteiger partial charge in [-0.2, -0.15) is 0 Å².